The van der Waals surface area contributed by atoms with Crippen molar-refractivity contribution in [3.63, 3.8) is 0 Å². The quantitative estimate of drug-likeness (QED) is 0.203. The smallest absolute Gasteiger partial charge is 0.822 e. The first-order valence-corrected chi connectivity index (χ1v) is 13.1. The van der Waals surface area contributed by atoms with Crippen molar-refractivity contribution >= 4 is 46.9 Å². The third-order valence-electron chi connectivity index (χ3n) is 0. The van der Waals surface area contributed by atoms with E-state index in [4.69, 9.17) is 115 Å². The Balaban J connectivity index is -0.0000000248. The second kappa shape index (κ2) is 32.9. The Labute approximate surface area is 351 Å². The molecule has 34 heteroatoms. The zero-order valence-electron chi connectivity index (χ0n) is 14.0. The van der Waals surface area contributed by atoms with Gasteiger partial charge in [0.15, 0.2) is 0 Å². The van der Waals surface area contributed by atoms with E-state index >= 15 is 0 Å². The van der Waals surface area contributed by atoms with Gasteiger partial charge in [0.1, 0.15) is 0 Å². The number of hydrogen-bond donors (Lipinski definition) is 0. The molecule has 0 fully saturated rings. The standard InChI is InChI=1S/4Eu.6H3O4P/c;;;;6*1-5(2,3)4/h;;;;6*(H3,1,2,3,4)/q4*+3;;;;;;/p-18. The summed E-state index contributed by atoms with van der Waals surface area (Å²) in [6.45, 7) is 0. The van der Waals surface area contributed by atoms with E-state index in [1.807, 2.05) is 0 Å². The fraction of sp³-hybridized carbons (Fsp3) is 0. The monoisotopic (exact) mass is 1180 g/mol. The summed E-state index contributed by atoms with van der Waals surface area (Å²) in [4.78, 5) is 154. The van der Waals surface area contributed by atoms with Crippen LogP contribution in [0.15, 0.2) is 0 Å². The molecular formula is Eu4O24P6-6. The molecule has 0 aliphatic rings. The fourth-order valence-corrected chi connectivity index (χ4v) is 0. The molecule has 0 aromatic rings. The average Bonchev–Trinajstić information content (AvgIpc) is 1.94. The van der Waals surface area contributed by atoms with Gasteiger partial charge in [-0.3, -0.25) is 0 Å². The van der Waals surface area contributed by atoms with Crippen LogP contribution in [0.5, 0.6) is 0 Å². The minimum atomic E-state index is -5.39. The van der Waals surface area contributed by atoms with Gasteiger partial charge in [0, 0.05) is 0 Å². The largest absolute Gasteiger partial charge is 3.00 e. The Kier molecular flexibility index (Phi) is 66.1. The van der Waals surface area contributed by atoms with Gasteiger partial charge in [-0.2, -0.15) is 46.9 Å². The summed E-state index contributed by atoms with van der Waals surface area (Å²) in [5.41, 5.74) is 0. The van der Waals surface area contributed by atoms with Crippen LogP contribution in [0.3, 0.4) is 0 Å². The zero-order chi connectivity index (χ0) is 27.0. The molecule has 0 atom stereocenters. The molecule has 0 spiro atoms. The van der Waals surface area contributed by atoms with Crippen molar-refractivity contribution in [3.05, 3.63) is 0 Å². The number of hydrogen-bond acceptors (Lipinski definition) is 24. The summed E-state index contributed by atoms with van der Waals surface area (Å²) in [5, 5.41) is 0. The van der Waals surface area contributed by atoms with E-state index in [1.54, 1.807) is 0 Å². The van der Waals surface area contributed by atoms with E-state index < -0.39 is 46.9 Å². The molecule has 24 nitrogen and oxygen atoms in total. The third kappa shape index (κ3) is 1150. The zero-order valence-corrected chi connectivity index (χ0v) is 29.1. The first kappa shape index (κ1) is 68.3. The van der Waals surface area contributed by atoms with Gasteiger partial charge in [-0.15, -0.1) is 0 Å². The van der Waals surface area contributed by atoms with Crippen molar-refractivity contribution in [2.24, 2.45) is 0 Å². The van der Waals surface area contributed by atoms with E-state index in [9.17, 15) is 0 Å². The number of phosphoric acid groups is 6. The summed E-state index contributed by atoms with van der Waals surface area (Å²) in [6, 6.07) is 0. The van der Waals surface area contributed by atoms with Crippen molar-refractivity contribution in [2.45, 2.75) is 0 Å². The predicted octanol–water partition coefficient (Wildman–Crippen LogP) is -16.9. The van der Waals surface area contributed by atoms with Crippen LogP contribution in [0.2, 0.25) is 0 Å². The van der Waals surface area contributed by atoms with Crippen LogP contribution < -0.4 is 88.1 Å². The number of rotatable bonds is 0. The first-order valence-electron chi connectivity index (χ1n) is 4.38. The molecule has 34 heavy (non-hydrogen) atoms. The topological polar surface area (TPSA) is 518 Å². The normalized spacial score (nSPS) is 10.4. The molecule has 0 N–H and O–H groups in total. The Bertz CT molecular complexity index is 472. The minimum absolute atomic E-state index is 0. The Morgan fingerprint density at radius 3 is 0.206 bits per heavy atom. The molecule has 0 aliphatic carbocycles. The van der Waals surface area contributed by atoms with Crippen LogP contribution >= 0.6 is 46.9 Å². The molecule has 0 heterocycles. The van der Waals surface area contributed by atoms with E-state index in [2.05, 4.69) is 0 Å². The van der Waals surface area contributed by atoms with Gasteiger partial charge < -0.3 is 115 Å². The predicted molar refractivity (Wildman–Crippen MR) is 45.6 cm³/mol. The van der Waals surface area contributed by atoms with Crippen LogP contribution in [-0.2, 0) is 27.4 Å². The molecule has 0 aliphatic heterocycles. The molecule has 0 saturated heterocycles. The van der Waals surface area contributed by atoms with Crippen LogP contribution in [0.4, 0.5) is 0 Å². The Morgan fingerprint density at radius 1 is 0.206 bits per heavy atom. The summed E-state index contributed by atoms with van der Waals surface area (Å²) >= 11 is 0. The summed E-state index contributed by atoms with van der Waals surface area (Å²) in [5.74, 6) is 0. The van der Waals surface area contributed by atoms with Crippen LogP contribution in [0, 0.1) is 198 Å². The summed E-state index contributed by atoms with van der Waals surface area (Å²) < 4.78 is 51.3. The average molecular weight is 1180 g/mol. The SMILES string of the molecule is O=P([O-])([O-])[O-].O=P([O-])([O-])[O-].O=P([O-])([O-])[O-].O=P([O-])([O-])[O-].O=P([O-])([O-])[O-].O=P([O-])([O-])[O-].[Eu+3].[Eu+3].[Eu+3].[Eu+3]. The van der Waals surface area contributed by atoms with Gasteiger partial charge in [-0.25, -0.2) is 0 Å². The maximum Gasteiger partial charge on any atom is 3.00 e. The van der Waals surface area contributed by atoms with Crippen molar-refractivity contribution in [1.29, 1.82) is 0 Å². The van der Waals surface area contributed by atoms with Gasteiger partial charge in [-0.05, 0) is 0 Å². The van der Waals surface area contributed by atoms with Gasteiger partial charge in [0.2, 0.25) is 0 Å². The molecule has 208 valence electrons. The van der Waals surface area contributed by atoms with Crippen molar-refractivity contribution in [3.8, 4) is 0 Å². The summed E-state index contributed by atoms with van der Waals surface area (Å²) in [7, 11) is -32.3. The van der Waals surface area contributed by atoms with Gasteiger partial charge >= 0.3 is 198 Å². The molecule has 0 aromatic carbocycles. The van der Waals surface area contributed by atoms with E-state index in [0.29, 0.717) is 0 Å². The third-order valence-corrected chi connectivity index (χ3v) is 0. The van der Waals surface area contributed by atoms with Crippen LogP contribution in [0.1, 0.15) is 0 Å². The van der Waals surface area contributed by atoms with Crippen LogP contribution in [-0.4, -0.2) is 0 Å². The molecule has 0 radical (unpaired) electrons. The van der Waals surface area contributed by atoms with E-state index in [1.165, 1.54) is 0 Å². The Morgan fingerprint density at radius 2 is 0.206 bits per heavy atom. The van der Waals surface area contributed by atoms with E-state index in [-0.39, 0.29) is 198 Å². The molecule has 0 amide bonds. The molecule has 0 saturated carbocycles. The molecule has 0 bridgehead atoms. The summed E-state index contributed by atoms with van der Waals surface area (Å²) in [6.07, 6.45) is 0. The van der Waals surface area contributed by atoms with E-state index in [0.717, 1.165) is 0 Å². The molecule has 0 unspecified atom stereocenters. The molecule has 0 rings (SSSR count). The molecule has 0 aromatic heterocycles. The fourth-order valence-electron chi connectivity index (χ4n) is 0. The van der Waals surface area contributed by atoms with Gasteiger partial charge in [0.25, 0.3) is 0 Å². The maximum absolute atomic E-state index is 8.55. The van der Waals surface area contributed by atoms with Crippen molar-refractivity contribution < 1.29 is 313 Å². The molecular weight excluding hydrogens is 1180 g/mol. The maximum atomic E-state index is 8.55. The Hall–Kier alpha value is 7.00. The van der Waals surface area contributed by atoms with Gasteiger partial charge in [0.05, 0.1) is 0 Å². The van der Waals surface area contributed by atoms with Crippen LogP contribution in [0.25, 0.3) is 0 Å². The van der Waals surface area contributed by atoms with Gasteiger partial charge in [-0.1, -0.05) is 0 Å². The minimum Gasteiger partial charge on any atom is -0.822 e. The second-order valence-electron chi connectivity index (χ2n) is 2.68. The van der Waals surface area contributed by atoms with Crippen molar-refractivity contribution in [2.75, 3.05) is 0 Å². The van der Waals surface area contributed by atoms with Crippen molar-refractivity contribution in [1.82, 2.24) is 0 Å². The second-order valence-corrected chi connectivity index (χ2v) is 8.05. The first-order chi connectivity index (χ1) is 12.0.